The predicted molar refractivity (Wildman–Crippen MR) is 75.6 cm³/mol. The zero-order valence-electron chi connectivity index (χ0n) is 12.2. The highest BCUT2D eigenvalue weighted by atomic mass is 16.5. The average molecular weight is 250 g/mol. The number of carbonyl (C=O) groups is 1. The minimum Gasteiger partial charge on any atom is -0.373 e. The summed E-state index contributed by atoms with van der Waals surface area (Å²) in [5.41, 5.74) is 1.82. The van der Waals surface area contributed by atoms with E-state index in [1.165, 1.54) is 19.3 Å². The summed E-state index contributed by atoms with van der Waals surface area (Å²) in [5, 5.41) is 0. The molecule has 0 aromatic heterocycles. The zero-order valence-corrected chi connectivity index (χ0v) is 12.2. The second-order valence-electron chi connectivity index (χ2n) is 5.78. The van der Waals surface area contributed by atoms with E-state index in [9.17, 15) is 4.79 Å². The van der Waals surface area contributed by atoms with Gasteiger partial charge in [0.25, 0.3) is 0 Å². The number of rotatable bonds is 7. The van der Waals surface area contributed by atoms with Crippen molar-refractivity contribution in [3.05, 3.63) is 23.3 Å². The largest absolute Gasteiger partial charge is 0.373 e. The van der Waals surface area contributed by atoms with Crippen molar-refractivity contribution in [1.82, 2.24) is 0 Å². The molecule has 0 saturated heterocycles. The molecule has 0 bridgehead atoms. The first-order chi connectivity index (χ1) is 8.51. The van der Waals surface area contributed by atoms with Gasteiger partial charge in [-0.05, 0) is 13.3 Å². The third-order valence-corrected chi connectivity index (χ3v) is 3.39. The molecule has 0 aromatic carbocycles. The van der Waals surface area contributed by atoms with Crippen LogP contribution in [-0.2, 0) is 9.53 Å². The summed E-state index contributed by atoms with van der Waals surface area (Å²) in [5.74, 6) is 0. The highest BCUT2D eigenvalue weighted by Crippen LogP contribution is 2.35. The molecule has 102 valence electrons. The topological polar surface area (TPSA) is 26.3 Å². The van der Waals surface area contributed by atoms with Crippen LogP contribution in [-0.4, -0.2) is 19.0 Å². The lowest BCUT2D eigenvalue weighted by Crippen LogP contribution is -2.35. The molecule has 0 heterocycles. The fraction of sp³-hybridized carbons (Fsp3) is 0.688. The van der Waals surface area contributed by atoms with E-state index in [4.69, 9.17) is 4.74 Å². The zero-order chi connectivity index (χ0) is 13.6. The Bertz CT molecular complexity index is 337. The van der Waals surface area contributed by atoms with Gasteiger partial charge in [-0.15, -0.1) is 0 Å². The van der Waals surface area contributed by atoms with E-state index < -0.39 is 0 Å². The van der Waals surface area contributed by atoms with Crippen molar-refractivity contribution in [3.63, 3.8) is 0 Å². The maximum Gasteiger partial charge on any atom is 0.148 e. The van der Waals surface area contributed by atoms with Crippen molar-refractivity contribution in [1.29, 1.82) is 0 Å². The van der Waals surface area contributed by atoms with Crippen molar-refractivity contribution in [2.45, 2.75) is 59.5 Å². The Labute approximate surface area is 111 Å². The Morgan fingerprint density at radius 3 is 2.67 bits per heavy atom. The maximum atomic E-state index is 11.2. The first kappa shape index (κ1) is 15.2. The molecule has 0 amide bonds. The number of hydrogen-bond acceptors (Lipinski definition) is 2. The summed E-state index contributed by atoms with van der Waals surface area (Å²) in [6, 6.07) is 0. The van der Waals surface area contributed by atoms with E-state index in [1.54, 1.807) is 0 Å². The molecule has 1 aliphatic rings. The molecule has 0 N–H and O–H groups in total. The van der Waals surface area contributed by atoms with Crippen LogP contribution in [0.4, 0.5) is 0 Å². The molecule has 0 spiro atoms. The van der Waals surface area contributed by atoms with Gasteiger partial charge < -0.3 is 4.74 Å². The molecule has 2 heteroatoms. The summed E-state index contributed by atoms with van der Waals surface area (Å²) in [6.45, 7) is 9.23. The van der Waals surface area contributed by atoms with E-state index >= 15 is 0 Å². The van der Waals surface area contributed by atoms with Gasteiger partial charge in [-0.25, -0.2) is 0 Å². The third-order valence-electron chi connectivity index (χ3n) is 3.39. The van der Waals surface area contributed by atoms with Gasteiger partial charge in [0.05, 0.1) is 6.10 Å². The quantitative estimate of drug-likeness (QED) is 0.503. The average Bonchev–Trinajstić information content (AvgIpc) is 2.29. The van der Waals surface area contributed by atoms with Crippen molar-refractivity contribution in [2.24, 2.45) is 5.41 Å². The van der Waals surface area contributed by atoms with E-state index in [-0.39, 0.29) is 11.5 Å². The van der Waals surface area contributed by atoms with Gasteiger partial charge in [0, 0.05) is 17.6 Å². The van der Waals surface area contributed by atoms with Gasteiger partial charge in [-0.1, -0.05) is 57.8 Å². The highest BCUT2D eigenvalue weighted by molar-refractivity contribution is 5.77. The number of aldehydes is 1. The molecule has 1 unspecified atom stereocenters. The lowest BCUT2D eigenvalue weighted by Gasteiger charge is -2.35. The van der Waals surface area contributed by atoms with Gasteiger partial charge >= 0.3 is 0 Å². The lowest BCUT2D eigenvalue weighted by atomic mass is 9.77. The number of hydrogen-bond donors (Lipinski definition) is 0. The minimum atomic E-state index is -0.0974. The molecule has 1 aliphatic carbocycles. The van der Waals surface area contributed by atoms with Crippen LogP contribution >= 0.6 is 0 Å². The second kappa shape index (κ2) is 6.89. The Hall–Kier alpha value is -0.890. The Kier molecular flexibility index (Phi) is 5.80. The monoisotopic (exact) mass is 250 g/mol. The van der Waals surface area contributed by atoms with E-state index in [1.807, 2.05) is 13.0 Å². The number of allylic oxidation sites excluding steroid dienone is 2. The molecule has 1 rings (SSSR count). The van der Waals surface area contributed by atoms with Gasteiger partial charge in [0.15, 0.2) is 0 Å². The first-order valence-electron chi connectivity index (χ1n) is 6.99. The second-order valence-corrected chi connectivity index (χ2v) is 5.78. The molecule has 0 saturated carbocycles. The van der Waals surface area contributed by atoms with Crippen molar-refractivity contribution >= 4 is 6.29 Å². The predicted octanol–water partition coefficient (Wildman–Crippen LogP) is 4.06. The van der Waals surface area contributed by atoms with Gasteiger partial charge in [0.1, 0.15) is 6.29 Å². The van der Waals surface area contributed by atoms with E-state index in [0.29, 0.717) is 0 Å². The fourth-order valence-corrected chi connectivity index (χ4v) is 2.61. The van der Waals surface area contributed by atoms with Crippen LogP contribution in [0.1, 0.15) is 53.4 Å². The molecule has 18 heavy (non-hydrogen) atoms. The van der Waals surface area contributed by atoms with Crippen LogP contribution in [0.3, 0.4) is 0 Å². The fourth-order valence-electron chi connectivity index (χ4n) is 2.61. The molecular weight excluding hydrogens is 224 g/mol. The SMILES string of the molecule is CCCCCCOC1C(C=O)=CC(C)=CC1(C)C. The molecular formula is C16H26O2. The van der Waals surface area contributed by atoms with Crippen molar-refractivity contribution in [3.8, 4) is 0 Å². The molecule has 0 aliphatic heterocycles. The molecule has 2 nitrogen and oxygen atoms in total. The summed E-state index contributed by atoms with van der Waals surface area (Å²) >= 11 is 0. The summed E-state index contributed by atoms with van der Waals surface area (Å²) in [4.78, 5) is 11.2. The highest BCUT2D eigenvalue weighted by Gasteiger charge is 2.33. The van der Waals surface area contributed by atoms with Crippen LogP contribution in [0.5, 0.6) is 0 Å². The first-order valence-corrected chi connectivity index (χ1v) is 6.99. The number of ether oxygens (including phenoxy) is 1. The molecule has 0 aromatic rings. The standard InChI is InChI=1S/C16H26O2/c1-5-6-7-8-9-18-15-14(12-17)10-13(2)11-16(15,3)4/h10-12,15H,5-9H2,1-4H3. The smallest absolute Gasteiger partial charge is 0.148 e. The van der Waals surface area contributed by atoms with Gasteiger partial charge in [0.2, 0.25) is 0 Å². The summed E-state index contributed by atoms with van der Waals surface area (Å²) in [6.07, 6.45) is 9.75. The molecule has 0 fully saturated rings. The van der Waals surface area contributed by atoms with Crippen LogP contribution < -0.4 is 0 Å². The van der Waals surface area contributed by atoms with Crippen molar-refractivity contribution in [2.75, 3.05) is 6.61 Å². The van der Waals surface area contributed by atoms with Crippen LogP contribution in [0.25, 0.3) is 0 Å². The van der Waals surface area contributed by atoms with Gasteiger partial charge in [-0.2, -0.15) is 0 Å². The number of carbonyl (C=O) groups excluding carboxylic acids is 1. The minimum absolute atomic E-state index is 0.0969. The Morgan fingerprint density at radius 2 is 2.06 bits per heavy atom. The summed E-state index contributed by atoms with van der Waals surface area (Å²) in [7, 11) is 0. The van der Waals surface area contributed by atoms with E-state index in [0.717, 1.165) is 30.5 Å². The lowest BCUT2D eigenvalue weighted by molar-refractivity contribution is -0.107. The van der Waals surface area contributed by atoms with Crippen LogP contribution in [0.2, 0.25) is 0 Å². The molecule has 1 atom stereocenters. The number of unbranched alkanes of at least 4 members (excludes halogenated alkanes) is 3. The van der Waals surface area contributed by atoms with Crippen LogP contribution in [0.15, 0.2) is 23.3 Å². The van der Waals surface area contributed by atoms with E-state index in [2.05, 4.69) is 26.8 Å². The normalized spacial score (nSPS) is 22.3. The summed E-state index contributed by atoms with van der Waals surface area (Å²) < 4.78 is 5.95. The Morgan fingerprint density at radius 1 is 1.33 bits per heavy atom. The van der Waals surface area contributed by atoms with Gasteiger partial charge in [-0.3, -0.25) is 4.79 Å². The van der Waals surface area contributed by atoms with Crippen molar-refractivity contribution < 1.29 is 9.53 Å². The third kappa shape index (κ3) is 4.09. The molecule has 0 radical (unpaired) electrons. The Balaban J connectivity index is 2.57. The maximum absolute atomic E-state index is 11.2. The van der Waals surface area contributed by atoms with Crippen LogP contribution in [0, 0.1) is 5.41 Å².